The Bertz CT molecular complexity index is 633. The predicted molar refractivity (Wildman–Crippen MR) is 84.9 cm³/mol. The van der Waals surface area contributed by atoms with Gasteiger partial charge < -0.3 is 15.4 Å². The minimum absolute atomic E-state index is 0.289. The van der Waals surface area contributed by atoms with Gasteiger partial charge in [0.1, 0.15) is 0 Å². The number of urea groups is 1. The van der Waals surface area contributed by atoms with Gasteiger partial charge in [0, 0.05) is 5.70 Å². The molecule has 1 heterocycles. The van der Waals surface area contributed by atoms with Gasteiger partial charge in [-0.05, 0) is 31.9 Å². The van der Waals surface area contributed by atoms with Crippen molar-refractivity contribution in [2.24, 2.45) is 0 Å². The summed E-state index contributed by atoms with van der Waals surface area (Å²) in [7, 11) is 0. The highest BCUT2D eigenvalue weighted by atomic mass is 16.5. The summed E-state index contributed by atoms with van der Waals surface area (Å²) in [6.45, 7) is 5.63. The van der Waals surface area contributed by atoms with Crippen molar-refractivity contribution in [3.63, 3.8) is 0 Å². The third-order valence-electron chi connectivity index (χ3n) is 3.41. The normalized spacial score (nSPS) is 18.6. The molecule has 2 rings (SSSR count). The summed E-state index contributed by atoms with van der Waals surface area (Å²) in [5, 5.41) is 5.40. The van der Waals surface area contributed by atoms with E-state index in [1.54, 1.807) is 13.8 Å². The fourth-order valence-corrected chi connectivity index (χ4v) is 2.41. The molecule has 0 aliphatic carbocycles. The van der Waals surface area contributed by atoms with E-state index in [2.05, 4.69) is 10.6 Å². The first kappa shape index (κ1) is 15.8. The Kier molecular flexibility index (Phi) is 4.99. The number of allylic oxidation sites excluding steroid dienone is 1. The molecule has 5 nitrogen and oxygen atoms in total. The molecule has 2 N–H and O–H groups in total. The van der Waals surface area contributed by atoms with Crippen LogP contribution in [-0.4, -0.2) is 24.6 Å². The zero-order valence-corrected chi connectivity index (χ0v) is 13.0. The van der Waals surface area contributed by atoms with Gasteiger partial charge in [0.25, 0.3) is 0 Å². The molecule has 0 bridgehead atoms. The molecule has 1 aliphatic heterocycles. The van der Waals surface area contributed by atoms with Crippen LogP contribution in [0.4, 0.5) is 4.79 Å². The van der Waals surface area contributed by atoms with Crippen molar-refractivity contribution in [3.05, 3.63) is 52.7 Å². The lowest BCUT2D eigenvalue weighted by atomic mass is 9.95. The monoisotopic (exact) mass is 300 g/mol. The third kappa shape index (κ3) is 3.55. The van der Waals surface area contributed by atoms with E-state index in [1.807, 2.05) is 43.3 Å². The van der Waals surface area contributed by atoms with E-state index in [0.29, 0.717) is 11.3 Å². The molecule has 1 aromatic rings. The Hall–Kier alpha value is -2.56. The molecular formula is C17H20N2O3. The summed E-state index contributed by atoms with van der Waals surface area (Å²) >= 11 is 0. The molecule has 0 saturated carbocycles. The molecule has 5 heteroatoms. The van der Waals surface area contributed by atoms with Gasteiger partial charge in [0.15, 0.2) is 0 Å². The molecule has 116 valence electrons. The first-order valence-electron chi connectivity index (χ1n) is 7.21. The van der Waals surface area contributed by atoms with Crippen LogP contribution in [0.3, 0.4) is 0 Å². The molecule has 0 saturated heterocycles. The summed E-state index contributed by atoms with van der Waals surface area (Å²) < 4.78 is 5.10. The maximum atomic E-state index is 12.2. The van der Waals surface area contributed by atoms with Gasteiger partial charge in [0.05, 0.1) is 18.2 Å². The number of hydrogen-bond acceptors (Lipinski definition) is 3. The average molecular weight is 300 g/mol. The van der Waals surface area contributed by atoms with Crippen LogP contribution in [0.15, 0.2) is 47.2 Å². The number of esters is 1. The lowest BCUT2D eigenvalue weighted by molar-refractivity contribution is -0.138. The van der Waals surface area contributed by atoms with Crippen LogP contribution in [0.2, 0.25) is 0 Å². The topological polar surface area (TPSA) is 67.4 Å². The van der Waals surface area contributed by atoms with Gasteiger partial charge in [0.2, 0.25) is 0 Å². The Morgan fingerprint density at radius 2 is 2.00 bits per heavy atom. The van der Waals surface area contributed by atoms with Gasteiger partial charge in [-0.2, -0.15) is 0 Å². The van der Waals surface area contributed by atoms with Gasteiger partial charge in [-0.3, -0.25) is 0 Å². The number of hydrogen-bond donors (Lipinski definition) is 2. The molecule has 0 fully saturated rings. The molecule has 2 amide bonds. The molecule has 0 unspecified atom stereocenters. The minimum Gasteiger partial charge on any atom is -0.463 e. The second-order valence-corrected chi connectivity index (χ2v) is 5.09. The number of rotatable bonds is 4. The van der Waals surface area contributed by atoms with Crippen molar-refractivity contribution in [1.29, 1.82) is 0 Å². The van der Waals surface area contributed by atoms with Crippen molar-refractivity contribution in [2.75, 3.05) is 6.61 Å². The second-order valence-electron chi connectivity index (χ2n) is 5.09. The van der Waals surface area contributed by atoms with Crippen molar-refractivity contribution < 1.29 is 14.3 Å². The van der Waals surface area contributed by atoms with Crippen LogP contribution in [0, 0.1) is 0 Å². The van der Waals surface area contributed by atoms with E-state index in [4.69, 9.17) is 4.74 Å². The third-order valence-corrected chi connectivity index (χ3v) is 3.41. The number of ether oxygens (including phenoxy) is 1. The van der Waals surface area contributed by atoms with Crippen molar-refractivity contribution in [2.45, 2.75) is 26.8 Å². The summed E-state index contributed by atoms with van der Waals surface area (Å²) in [6.07, 6.45) is 1.95. The zero-order chi connectivity index (χ0) is 16.1. The standard InChI is InChI=1S/C17H20N2O3/c1-4-22-16(20)14-12(3)18-17(21)19-15(14)11(2)10-13-8-6-5-7-9-13/h5-10,15H,4H2,1-3H3,(H2,18,19,21)/b11-10+/t15-/m0/s1. The Morgan fingerprint density at radius 3 is 2.64 bits per heavy atom. The van der Waals surface area contributed by atoms with Gasteiger partial charge >= 0.3 is 12.0 Å². The lowest BCUT2D eigenvalue weighted by Crippen LogP contribution is -2.50. The highest BCUT2D eigenvalue weighted by Crippen LogP contribution is 2.21. The molecule has 1 atom stereocenters. The Morgan fingerprint density at radius 1 is 1.32 bits per heavy atom. The molecule has 1 aromatic carbocycles. The van der Waals surface area contributed by atoms with Crippen LogP contribution < -0.4 is 10.6 Å². The Labute approximate surface area is 130 Å². The minimum atomic E-state index is -0.493. The molecule has 22 heavy (non-hydrogen) atoms. The number of benzene rings is 1. The van der Waals surface area contributed by atoms with Crippen LogP contribution in [0.1, 0.15) is 26.3 Å². The number of nitrogens with one attached hydrogen (secondary N) is 2. The van der Waals surface area contributed by atoms with Crippen molar-refractivity contribution in [1.82, 2.24) is 10.6 Å². The quantitative estimate of drug-likeness (QED) is 0.840. The van der Waals surface area contributed by atoms with E-state index >= 15 is 0 Å². The highest BCUT2D eigenvalue weighted by molar-refractivity contribution is 5.96. The molecule has 0 aromatic heterocycles. The van der Waals surface area contributed by atoms with Crippen LogP contribution >= 0.6 is 0 Å². The van der Waals surface area contributed by atoms with Crippen molar-refractivity contribution in [3.8, 4) is 0 Å². The Balaban J connectivity index is 2.37. The smallest absolute Gasteiger partial charge is 0.338 e. The van der Waals surface area contributed by atoms with E-state index < -0.39 is 12.0 Å². The SMILES string of the molecule is CCOC(=O)C1=C(C)NC(=O)N[C@H]1/C(C)=C/c1ccccc1. The first-order valence-corrected chi connectivity index (χ1v) is 7.21. The number of amides is 2. The second kappa shape index (κ2) is 6.93. The van der Waals surface area contributed by atoms with E-state index in [-0.39, 0.29) is 12.6 Å². The van der Waals surface area contributed by atoms with Crippen molar-refractivity contribution >= 4 is 18.1 Å². The van der Waals surface area contributed by atoms with Gasteiger partial charge in [-0.1, -0.05) is 36.4 Å². The summed E-state index contributed by atoms with van der Waals surface area (Å²) in [4.78, 5) is 23.9. The first-order chi connectivity index (χ1) is 10.5. The van der Waals surface area contributed by atoms with E-state index in [0.717, 1.165) is 11.1 Å². The average Bonchev–Trinajstić information content (AvgIpc) is 2.47. The molecular weight excluding hydrogens is 280 g/mol. The summed E-state index contributed by atoms with van der Waals surface area (Å²) in [5.74, 6) is -0.418. The fraction of sp³-hybridized carbons (Fsp3) is 0.294. The predicted octanol–water partition coefficient (Wildman–Crippen LogP) is 2.61. The van der Waals surface area contributed by atoms with Crippen LogP contribution in [0.25, 0.3) is 6.08 Å². The highest BCUT2D eigenvalue weighted by Gasteiger charge is 2.31. The van der Waals surface area contributed by atoms with E-state index in [9.17, 15) is 9.59 Å². The maximum Gasteiger partial charge on any atom is 0.338 e. The van der Waals surface area contributed by atoms with E-state index in [1.165, 1.54) is 0 Å². The molecule has 0 spiro atoms. The molecule has 0 radical (unpaired) electrons. The maximum absolute atomic E-state index is 12.2. The molecule has 1 aliphatic rings. The summed E-state index contributed by atoms with van der Waals surface area (Å²) in [5.41, 5.74) is 2.83. The zero-order valence-electron chi connectivity index (χ0n) is 13.0. The largest absolute Gasteiger partial charge is 0.463 e. The van der Waals surface area contributed by atoms with Gasteiger partial charge in [-0.15, -0.1) is 0 Å². The summed E-state index contributed by atoms with van der Waals surface area (Å²) in [6, 6.07) is 8.93. The lowest BCUT2D eigenvalue weighted by Gasteiger charge is -2.28. The number of carbonyl (C=O) groups is 2. The fourth-order valence-electron chi connectivity index (χ4n) is 2.41. The van der Waals surface area contributed by atoms with Gasteiger partial charge in [-0.25, -0.2) is 9.59 Å². The van der Waals surface area contributed by atoms with Crippen LogP contribution in [0.5, 0.6) is 0 Å². The van der Waals surface area contributed by atoms with Crippen LogP contribution in [-0.2, 0) is 9.53 Å². The number of carbonyl (C=O) groups excluding carboxylic acids is 2.